The van der Waals surface area contributed by atoms with Gasteiger partial charge in [-0.1, -0.05) is 30.3 Å². The van der Waals surface area contributed by atoms with Crippen molar-refractivity contribution in [3.05, 3.63) is 83.8 Å². The van der Waals surface area contributed by atoms with Crippen molar-refractivity contribution < 1.29 is 47.2 Å². The summed E-state index contributed by atoms with van der Waals surface area (Å²) >= 11 is 0. The number of hydrogen-bond acceptors (Lipinski definition) is 10. The van der Waals surface area contributed by atoms with E-state index < -0.39 is 11.9 Å². The predicted octanol–water partition coefficient (Wildman–Crippen LogP) is 6.52. The van der Waals surface area contributed by atoms with Gasteiger partial charge >= 0.3 is 11.9 Å². The van der Waals surface area contributed by atoms with Crippen molar-refractivity contribution in [1.29, 1.82) is 0 Å². The van der Waals surface area contributed by atoms with Crippen LogP contribution in [0.1, 0.15) is 40.5 Å². The van der Waals surface area contributed by atoms with Gasteiger partial charge in [0.25, 0.3) is 0 Å². The lowest BCUT2D eigenvalue weighted by atomic mass is 10.2. The van der Waals surface area contributed by atoms with Crippen molar-refractivity contribution in [3.63, 3.8) is 0 Å². The normalized spacial score (nSPS) is 10.5. The molecule has 0 fully saturated rings. The van der Waals surface area contributed by atoms with Gasteiger partial charge in [0, 0.05) is 22.9 Å². The molecule has 2 heterocycles. The maximum absolute atomic E-state index is 11.8. The van der Waals surface area contributed by atoms with E-state index in [1.54, 1.807) is 51.3 Å². The van der Waals surface area contributed by atoms with Crippen LogP contribution in [0.2, 0.25) is 0 Å². The SMILES string of the molecule is CCOC(=O)c1cc2cc(OC)c(O)cc2o1.CCOC(=O)c1cc2cc(OC)c(OCc3ccccc3)cc2o1. The molecule has 1 N–H and O–H groups in total. The number of phenols is 1. The Morgan fingerprint density at radius 2 is 1.24 bits per heavy atom. The molecule has 10 nitrogen and oxygen atoms in total. The molecule has 41 heavy (non-hydrogen) atoms. The summed E-state index contributed by atoms with van der Waals surface area (Å²) in [6, 6.07) is 19.5. The number of hydrogen-bond donors (Lipinski definition) is 1. The van der Waals surface area contributed by atoms with E-state index in [0.717, 1.165) is 10.9 Å². The van der Waals surface area contributed by atoms with Gasteiger partial charge in [0.1, 0.15) is 17.8 Å². The van der Waals surface area contributed by atoms with E-state index >= 15 is 0 Å². The van der Waals surface area contributed by atoms with E-state index in [1.165, 1.54) is 13.2 Å². The molecular weight excluding hydrogens is 532 g/mol. The molecule has 0 saturated carbocycles. The van der Waals surface area contributed by atoms with E-state index in [4.69, 9.17) is 32.5 Å². The lowest BCUT2D eigenvalue weighted by molar-refractivity contribution is 0.0484. The highest BCUT2D eigenvalue weighted by Gasteiger charge is 2.17. The lowest BCUT2D eigenvalue weighted by Crippen LogP contribution is -2.02. The number of ether oxygens (including phenoxy) is 5. The summed E-state index contributed by atoms with van der Waals surface area (Å²) < 4.78 is 36.8. The largest absolute Gasteiger partial charge is 0.504 e. The lowest BCUT2D eigenvalue weighted by Gasteiger charge is -2.10. The first-order valence-corrected chi connectivity index (χ1v) is 12.8. The summed E-state index contributed by atoms with van der Waals surface area (Å²) in [5.74, 6) is 0.678. The number of benzene rings is 3. The first kappa shape index (κ1) is 28.9. The summed E-state index contributed by atoms with van der Waals surface area (Å²) in [7, 11) is 3.02. The second-order valence-corrected chi connectivity index (χ2v) is 8.54. The third-order valence-corrected chi connectivity index (χ3v) is 5.81. The maximum Gasteiger partial charge on any atom is 0.374 e. The summed E-state index contributed by atoms with van der Waals surface area (Å²) in [6.07, 6.45) is 0. The molecule has 5 rings (SSSR count). The highest BCUT2D eigenvalue weighted by atomic mass is 16.6. The fraction of sp³-hybridized carbons (Fsp3) is 0.226. The second-order valence-electron chi connectivity index (χ2n) is 8.54. The van der Waals surface area contributed by atoms with E-state index in [0.29, 0.717) is 47.0 Å². The molecule has 5 aromatic rings. The summed E-state index contributed by atoms with van der Waals surface area (Å²) in [5.41, 5.74) is 2.00. The van der Waals surface area contributed by atoms with Crippen molar-refractivity contribution in [2.75, 3.05) is 27.4 Å². The van der Waals surface area contributed by atoms with E-state index in [1.807, 2.05) is 30.3 Å². The summed E-state index contributed by atoms with van der Waals surface area (Å²) in [4.78, 5) is 23.2. The molecule has 0 amide bonds. The van der Waals surface area contributed by atoms with Gasteiger partial charge in [0.15, 0.2) is 23.0 Å². The van der Waals surface area contributed by atoms with Gasteiger partial charge in [-0.05, 0) is 43.7 Å². The summed E-state index contributed by atoms with van der Waals surface area (Å²) in [5, 5.41) is 11.0. The minimum absolute atomic E-state index is 0.0373. The first-order chi connectivity index (χ1) is 19.9. The molecule has 0 unspecified atom stereocenters. The molecule has 10 heteroatoms. The Balaban J connectivity index is 0.000000201. The van der Waals surface area contributed by atoms with Crippen molar-refractivity contribution in [1.82, 2.24) is 0 Å². The topological polar surface area (TPSA) is 127 Å². The zero-order valence-corrected chi connectivity index (χ0v) is 23.1. The quantitative estimate of drug-likeness (QED) is 0.198. The second kappa shape index (κ2) is 13.3. The minimum atomic E-state index is -0.526. The standard InChI is InChI=1S/C19H18O5.C12H12O5/c1-3-22-19(20)18-10-14-9-16(21-2)17(11-15(14)24-18)23-12-13-7-5-4-6-8-13;1-3-16-12(14)11-5-7-4-10(15-2)8(13)6-9(7)17-11/h4-11H,3,12H2,1-2H3;4-6,13H,3H2,1-2H3. The summed E-state index contributed by atoms with van der Waals surface area (Å²) in [6.45, 7) is 4.46. The number of carbonyl (C=O) groups is 2. The number of methoxy groups -OCH3 is 2. The molecule has 0 aliphatic heterocycles. The van der Waals surface area contributed by atoms with Crippen LogP contribution >= 0.6 is 0 Å². The van der Waals surface area contributed by atoms with Crippen LogP contribution < -0.4 is 14.2 Å². The number of aromatic hydroxyl groups is 1. The van der Waals surface area contributed by atoms with E-state index in [-0.39, 0.29) is 23.9 Å². The molecule has 0 atom stereocenters. The van der Waals surface area contributed by atoms with Gasteiger partial charge in [-0.2, -0.15) is 0 Å². The Hall–Kier alpha value is -5.12. The average molecular weight is 563 g/mol. The molecule has 2 aromatic heterocycles. The minimum Gasteiger partial charge on any atom is -0.504 e. The molecule has 0 spiro atoms. The van der Waals surface area contributed by atoms with Crippen LogP contribution in [0.15, 0.2) is 75.6 Å². The Kier molecular flexibility index (Phi) is 9.36. The fourth-order valence-electron chi connectivity index (χ4n) is 3.88. The van der Waals surface area contributed by atoms with Crippen LogP contribution in [0.25, 0.3) is 21.9 Å². The predicted molar refractivity (Wildman–Crippen MR) is 150 cm³/mol. The number of fused-ring (bicyclic) bond motifs is 2. The van der Waals surface area contributed by atoms with E-state index in [9.17, 15) is 14.7 Å². The van der Waals surface area contributed by atoms with Crippen LogP contribution in [-0.2, 0) is 16.1 Å². The van der Waals surface area contributed by atoms with Crippen LogP contribution in [0.4, 0.5) is 0 Å². The van der Waals surface area contributed by atoms with Gasteiger partial charge in [0.05, 0.1) is 27.4 Å². The third-order valence-electron chi connectivity index (χ3n) is 5.81. The van der Waals surface area contributed by atoms with Crippen molar-refractivity contribution in [3.8, 4) is 23.0 Å². The molecular formula is C31H30O10. The first-order valence-electron chi connectivity index (χ1n) is 12.8. The highest BCUT2D eigenvalue weighted by Crippen LogP contribution is 2.35. The van der Waals surface area contributed by atoms with Gasteiger partial charge in [-0.25, -0.2) is 9.59 Å². The van der Waals surface area contributed by atoms with Crippen LogP contribution in [-0.4, -0.2) is 44.5 Å². The number of esters is 2. The molecule has 0 saturated heterocycles. The number of carbonyl (C=O) groups excluding carboxylic acids is 2. The Morgan fingerprint density at radius 1 is 0.707 bits per heavy atom. The molecule has 0 aliphatic carbocycles. The molecule has 214 valence electrons. The Morgan fingerprint density at radius 3 is 1.78 bits per heavy atom. The van der Waals surface area contributed by atoms with Crippen molar-refractivity contribution in [2.24, 2.45) is 0 Å². The molecule has 0 bridgehead atoms. The van der Waals surface area contributed by atoms with Gasteiger partial charge in [-0.15, -0.1) is 0 Å². The van der Waals surface area contributed by atoms with Crippen LogP contribution in [0, 0.1) is 0 Å². The monoisotopic (exact) mass is 562 g/mol. The van der Waals surface area contributed by atoms with Gasteiger partial charge < -0.3 is 37.6 Å². The third kappa shape index (κ3) is 6.91. The number of furan rings is 2. The number of phenolic OH excluding ortho intramolecular Hbond substituents is 1. The smallest absolute Gasteiger partial charge is 0.374 e. The molecule has 0 aliphatic rings. The van der Waals surface area contributed by atoms with Crippen LogP contribution in [0.5, 0.6) is 23.0 Å². The zero-order valence-electron chi connectivity index (χ0n) is 23.1. The Bertz CT molecular complexity index is 1630. The zero-order chi connectivity index (χ0) is 29.4. The Labute approximate surface area is 235 Å². The maximum atomic E-state index is 11.8. The van der Waals surface area contributed by atoms with Gasteiger partial charge in [-0.3, -0.25) is 0 Å². The van der Waals surface area contributed by atoms with Gasteiger partial charge in [0.2, 0.25) is 11.5 Å². The average Bonchev–Trinajstić information content (AvgIpc) is 3.60. The number of rotatable bonds is 9. The fourth-order valence-corrected chi connectivity index (χ4v) is 3.88. The van der Waals surface area contributed by atoms with Crippen molar-refractivity contribution >= 4 is 33.9 Å². The van der Waals surface area contributed by atoms with Crippen molar-refractivity contribution in [2.45, 2.75) is 20.5 Å². The molecule has 0 radical (unpaired) electrons. The van der Waals surface area contributed by atoms with Crippen LogP contribution in [0.3, 0.4) is 0 Å². The van der Waals surface area contributed by atoms with E-state index in [2.05, 4.69) is 0 Å². The molecule has 3 aromatic carbocycles. The highest BCUT2D eigenvalue weighted by molar-refractivity contribution is 5.94.